The summed E-state index contributed by atoms with van der Waals surface area (Å²) >= 11 is 2.12. The highest BCUT2D eigenvalue weighted by molar-refractivity contribution is 7.99. The van der Waals surface area contributed by atoms with E-state index in [-0.39, 0.29) is 5.41 Å². The number of carbonyl (C=O) groups is 1. The van der Waals surface area contributed by atoms with E-state index in [0.717, 1.165) is 23.7 Å². The predicted molar refractivity (Wildman–Crippen MR) is 179 cm³/mol. The van der Waals surface area contributed by atoms with E-state index in [1.165, 1.54) is 113 Å². The van der Waals surface area contributed by atoms with Crippen LogP contribution in [0, 0.1) is 45.8 Å². The number of nitrogens with one attached hydrogen (secondary N) is 1. The van der Waals surface area contributed by atoms with Gasteiger partial charge in [0, 0.05) is 43.2 Å². The van der Waals surface area contributed by atoms with Gasteiger partial charge in [-0.1, -0.05) is 52.3 Å². The third-order valence-corrected chi connectivity index (χ3v) is 15.5. The van der Waals surface area contributed by atoms with Crippen molar-refractivity contribution in [3.05, 3.63) is 41.5 Å². The van der Waals surface area contributed by atoms with Crippen LogP contribution in [0.1, 0.15) is 108 Å². The second-order valence-electron chi connectivity index (χ2n) is 16.5. The summed E-state index contributed by atoms with van der Waals surface area (Å²) in [5.74, 6) is 5.92. The maximum atomic E-state index is 11.5. The first-order valence-corrected chi connectivity index (χ1v) is 18.8. The van der Waals surface area contributed by atoms with Crippen molar-refractivity contribution < 1.29 is 9.90 Å². The average molecular weight is 605 g/mol. The number of thioether (sulfide) groups is 1. The first kappa shape index (κ1) is 30.4. The van der Waals surface area contributed by atoms with E-state index in [0.29, 0.717) is 27.9 Å². The van der Waals surface area contributed by atoms with Crippen molar-refractivity contribution in [1.82, 2.24) is 10.2 Å². The third-order valence-electron chi connectivity index (χ3n) is 14.5. The van der Waals surface area contributed by atoms with Gasteiger partial charge in [0.05, 0.1) is 5.56 Å². The number of allylic oxidation sites excluding steroid dienone is 2. The number of hydrogen-bond acceptors (Lipinski definition) is 4. The van der Waals surface area contributed by atoms with Gasteiger partial charge in [0.1, 0.15) is 0 Å². The number of nitrogens with zero attached hydrogens (tertiary/aromatic N) is 1. The van der Waals surface area contributed by atoms with Crippen molar-refractivity contribution in [3.8, 4) is 0 Å². The van der Waals surface area contributed by atoms with Gasteiger partial charge < -0.3 is 15.3 Å². The number of rotatable bonds is 6. The highest BCUT2D eigenvalue weighted by Gasteiger charge is 2.65. The van der Waals surface area contributed by atoms with Gasteiger partial charge in [0.2, 0.25) is 0 Å². The summed E-state index contributed by atoms with van der Waals surface area (Å²) < 4.78 is 0. The highest BCUT2D eigenvalue weighted by Crippen LogP contribution is 2.72. The number of aromatic carboxylic acids is 1. The zero-order chi connectivity index (χ0) is 30.0. The molecule has 0 amide bonds. The Bertz CT molecular complexity index is 1240. The molecule has 1 heterocycles. The Kier molecular flexibility index (Phi) is 7.90. The maximum absolute atomic E-state index is 11.5. The van der Waals surface area contributed by atoms with E-state index in [4.69, 9.17) is 0 Å². The molecule has 4 saturated carbocycles. The van der Waals surface area contributed by atoms with E-state index in [1.54, 1.807) is 12.1 Å². The quantitative estimate of drug-likeness (QED) is 0.343. The SMILES string of the molecule is CC1(C)C(c2ccc(C(=O)O)cc2)=CCC2(C)C1CCC1(C)C3CCC4(NCCN5CCSCC5)CCCC4[C@H]3CCC12. The van der Waals surface area contributed by atoms with Crippen LogP contribution in [0.2, 0.25) is 0 Å². The van der Waals surface area contributed by atoms with Crippen LogP contribution in [0.25, 0.3) is 5.57 Å². The molecule has 5 fully saturated rings. The molecule has 1 saturated heterocycles. The Hall–Kier alpha value is -1.30. The molecule has 2 N–H and O–H groups in total. The second-order valence-corrected chi connectivity index (χ2v) is 17.7. The van der Waals surface area contributed by atoms with Crippen LogP contribution in [0.5, 0.6) is 0 Å². The molecule has 0 aromatic heterocycles. The lowest BCUT2D eigenvalue weighted by atomic mass is 9.37. The predicted octanol–water partition coefficient (Wildman–Crippen LogP) is 8.23. The lowest BCUT2D eigenvalue weighted by molar-refractivity contribution is -0.172. The van der Waals surface area contributed by atoms with Crippen molar-refractivity contribution in [2.24, 2.45) is 45.8 Å². The Morgan fingerprint density at radius 2 is 1.67 bits per heavy atom. The highest BCUT2D eigenvalue weighted by atomic mass is 32.2. The Labute approximate surface area is 265 Å². The molecule has 1 aliphatic heterocycles. The van der Waals surface area contributed by atoms with Crippen LogP contribution < -0.4 is 5.32 Å². The topological polar surface area (TPSA) is 52.6 Å². The molecule has 5 aliphatic carbocycles. The number of carboxylic acids is 1. The van der Waals surface area contributed by atoms with Gasteiger partial charge in [0.15, 0.2) is 0 Å². The third kappa shape index (κ3) is 4.89. The number of carboxylic acid groups (broad SMARTS) is 1. The van der Waals surface area contributed by atoms with Crippen molar-refractivity contribution in [2.45, 2.75) is 97.4 Å². The van der Waals surface area contributed by atoms with Gasteiger partial charge in [-0.3, -0.25) is 0 Å². The van der Waals surface area contributed by atoms with Crippen LogP contribution in [-0.2, 0) is 0 Å². The molecule has 236 valence electrons. The Balaban J connectivity index is 1.10. The molecule has 43 heavy (non-hydrogen) atoms. The van der Waals surface area contributed by atoms with Gasteiger partial charge in [-0.25, -0.2) is 4.79 Å². The fourth-order valence-electron chi connectivity index (χ4n) is 12.7. The van der Waals surface area contributed by atoms with Crippen molar-refractivity contribution >= 4 is 23.3 Å². The van der Waals surface area contributed by atoms with E-state index in [9.17, 15) is 9.90 Å². The average Bonchev–Trinajstić information content (AvgIpc) is 3.42. The standard InChI is InChI=1S/C38H56N2O2S/c1-35(2)29(26-7-9-27(10-8-26)34(41)42)13-17-37(4)32(35)15-18-36(3)30-14-19-38(39-20-21-40-22-24-43-25-23-40)16-5-6-31(38)28(30)11-12-33(36)37/h7-10,13,28,30-33,39H,5-6,11-12,14-25H2,1-4H3,(H,41,42)/t28-,30?,31?,32?,33?,36?,37?,38?/m0/s1. The van der Waals surface area contributed by atoms with E-state index in [2.05, 4.69) is 55.7 Å². The van der Waals surface area contributed by atoms with E-state index in [1.807, 2.05) is 12.1 Å². The van der Waals surface area contributed by atoms with Crippen LogP contribution >= 0.6 is 11.8 Å². The summed E-state index contributed by atoms with van der Waals surface area (Å²) in [4.78, 5) is 14.2. The summed E-state index contributed by atoms with van der Waals surface area (Å²) in [7, 11) is 0. The smallest absolute Gasteiger partial charge is 0.335 e. The first-order chi connectivity index (χ1) is 20.6. The lowest BCUT2D eigenvalue weighted by Crippen LogP contribution is -2.63. The second kappa shape index (κ2) is 11.2. The van der Waals surface area contributed by atoms with Gasteiger partial charge in [0.25, 0.3) is 0 Å². The zero-order valence-electron chi connectivity index (χ0n) is 27.3. The molecule has 0 spiro atoms. The van der Waals surface area contributed by atoms with Gasteiger partial charge >= 0.3 is 5.97 Å². The minimum Gasteiger partial charge on any atom is -0.478 e. The van der Waals surface area contributed by atoms with E-state index >= 15 is 0 Å². The summed E-state index contributed by atoms with van der Waals surface area (Å²) in [5, 5.41) is 13.7. The molecule has 0 bridgehead atoms. The molecular weight excluding hydrogens is 548 g/mol. The fourth-order valence-corrected chi connectivity index (χ4v) is 13.7. The Morgan fingerprint density at radius 1 is 0.907 bits per heavy atom. The normalized spacial score (nSPS) is 42.2. The number of fused-ring (bicyclic) bond motifs is 7. The lowest BCUT2D eigenvalue weighted by Gasteiger charge is -2.68. The molecule has 0 radical (unpaired) electrons. The fraction of sp³-hybridized carbons (Fsp3) is 0.763. The molecule has 8 atom stereocenters. The van der Waals surface area contributed by atoms with Crippen molar-refractivity contribution in [2.75, 3.05) is 37.7 Å². The van der Waals surface area contributed by atoms with Gasteiger partial charge in [-0.2, -0.15) is 11.8 Å². The monoisotopic (exact) mass is 604 g/mol. The molecule has 4 nitrogen and oxygen atoms in total. The van der Waals surface area contributed by atoms with Crippen LogP contribution in [0.15, 0.2) is 30.3 Å². The molecule has 6 aliphatic rings. The summed E-state index contributed by atoms with van der Waals surface area (Å²) in [6.07, 6.45) is 16.4. The molecule has 1 aromatic carbocycles. The van der Waals surface area contributed by atoms with Crippen molar-refractivity contribution in [3.63, 3.8) is 0 Å². The van der Waals surface area contributed by atoms with Crippen LogP contribution in [0.3, 0.4) is 0 Å². The number of benzene rings is 1. The largest absolute Gasteiger partial charge is 0.478 e. The van der Waals surface area contributed by atoms with Crippen LogP contribution in [0.4, 0.5) is 0 Å². The molecule has 5 heteroatoms. The van der Waals surface area contributed by atoms with E-state index < -0.39 is 5.97 Å². The first-order valence-electron chi connectivity index (χ1n) is 17.7. The molecule has 1 aromatic rings. The maximum Gasteiger partial charge on any atom is 0.335 e. The summed E-state index contributed by atoms with van der Waals surface area (Å²) in [6, 6.07) is 7.67. The van der Waals surface area contributed by atoms with Gasteiger partial charge in [-0.05, 0) is 127 Å². The van der Waals surface area contributed by atoms with Crippen LogP contribution in [-0.4, -0.2) is 59.2 Å². The Morgan fingerprint density at radius 3 is 2.42 bits per heavy atom. The molecule has 7 unspecified atom stereocenters. The van der Waals surface area contributed by atoms with Crippen molar-refractivity contribution in [1.29, 1.82) is 0 Å². The molecule has 7 rings (SSSR count). The minimum atomic E-state index is -0.844. The summed E-state index contributed by atoms with van der Waals surface area (Å²) in [6.45, 7) is 15.4. The summed E-state index contributed by atoms with van der Waals surface area (Å²) in [5.41, 5.74) is 4.32. The minimum absolute atomic E-state index is 0.0834. The molecular formula is C38H56N2O2S. The number of hydrogen-bond donors (Lipinski definition) is 2. The zero-order valence-corrected chi connectivity index (χ0v) is 28.1. The van der Waals surface area contributed by atoms with Gasteiger partial charge in [-0.15, -0.1) is 0 Å².